The Bertz CT molecular complexity index is 1320. The first-order valence-corrected chi connectivity index (χ1v) is 20.6. The number of carbonyl (C=O) groups is 1. The van der Waals surface area contributed by atoms with Crippen molar-refractivity contribution in [2.45, 2.75) is 122 Å². The SMILES string of the molecule is CCCCCCCCCCCCCCCCNC(=O)OCOC1=Nc2cc(OCCCCN3CCN(c4cccc(Cl)c4Cl)CC3)ccc2CC1. The number of fused-ring (bicyclic) bond motifs is 1. The summed E-state index contributed by atoms with van der Waals surface area (Å²) in [6.07, 6.45) is 21.6. The molecule has 4 rings (SSSR count). The van der Waals surface area contributed by atoms with E-state index in [-0.39, 0.29) is 6.79 Å². The number of unbranched alkanes of at least 4 members (excludes halogenated alkanes) is 14. The highest BCUT2D eigenvalue weighted by atomic mass is 35.5. The van der Waals surface area contributed by atoms with Crippen molar-refractivity contribution in [2.75, 3.05) is 57.6 Å². The fourth-order valence-electron chi connectivity index (χ4n) is 6.77. The monoisotopic (exact) mass is 744 g/mol. The molecular weight excluding hydrogens is 683 g/mol. The summed E-state index contributed by atoms with van der Waals surface area (Å²) in [7, 11) is 0. The molecule has 2 aliphatic rings. The van der Waals surface area contributed by atoms with Crippen LogP contribution in [-0.4, -0.2) is 69.6 Å². The molecule has 8 nitrogen and oxygen atoms in total. The van der Waals surface area contributed by atoms with Crippen LogP contribution in [0.25, 0.3) is 0 Å². The van der Waals surface area contributed by atoms with Gasteiger partial charge in [-0.05, 0) is 56.0 Å². The molecule has 2 aliphatic heterocycles. The van der Waals surface area contributed by atoms with Crippen molar-refractivity contribution in [3.05, 3.63) is 52.0 Å². The number of hydrogen-bond donors (Lipinski definition) is 1. The first kappa shape index (κ1) is 41.1. The molecule has 1 fully saturated rings. The molecule has 2 heterocycles. The Morgan fingerprint density at radius 1 is 0.784 bits per heavy atom. The molecule has 0 aliphatic carbocycles. The predicted molar refractivity (Wildman–Crippen MR) is 212 cm³/mol. The van der Waals surface area contributed by atoms with Crippen LogP contribution in [0.4, 0.5) is 16.2 Å². The summed E-state index contributed by atoms with van der Waals surface area (Å²) in [6.45, 7) is 8.37. The molecule has 1 saturated heterocycles. The van der Waals surface area contributed by atoms with Gasteiger partial charge in [0.05, 0.1) is 28.0 Å². The number of benzene rings is 2. The summed E-state index contributed by atoms with van der Waals surface area (Å²) in [5.74, 6) is 1.39. The minimum absolute atomic E-state index is 0.141. The van der Waals surface area contributed by atoms with E-state index in [0.717, 1.165) is 82.0 Å². The number of aliphatic imine (C=N–C) groups is 1. The molecule has 2 aromatic rings. The number of piperazine rings is 1. The number of halogens is 2. The lowest BCUT2D eigenvalue weighted by Crippen LogP contribution is -2.46. The van der Waals surface area contributed by atoms with Crippen molar-refractivity contribution in [3.63, 3.8) is 0 Å². The summed E-state index contributed by atoms with van der Waals surface area (Å²) in [6, 6.07) is 11.9. The minimum atomic E-state index is -0.443. The molecule has 0 bridgehead atoms. The van der Waals surface area contributed by atoms with Gasteiger partial charge in [-0.3, -0.25) is 4.90 Å². The Hall–Kier alpha value is -2.68. The van der Waals surface area contributed by atoms with Gasteiger partial charge in [-0.2, -0.15) is 0 Å². The van der Waals surface area contributed by atoms with E-state index in [1.807, 2.05) is 30.3 Å². The van der Waals surface area contributed by atoms with Gasteiger partial charge in [-0.25, -0.2) is 9.79 Å². The molecule has 284 valence electrons. The zero-order valence-corrected chi connectivity index (χ0v) is 32.6. The zero-order chi connectivity index (χ0) is 35.9. The van der Waals surface area contributed by atoms with Crippen LogP contribution in [0, 0.1) is 0 Å². The molecule has 0 atom stereocenters. The van der Waals surface area contributed by atoms with Crippen molar-refractivity contribution < 1.29 is 19.0 Å². The number of ether oxygens (including phenoxy) is 3. The van der Waals surface area contributed by atoms with Crippen LogP contribution in [0.15, 0.2) is 41.4 Å². The number of anilines is 1. The summed E-state index contributed by atoms with van der Waals surface area (Å²) in [5, 5.41) is 4.08. The molecule has 0 unspecified atom stereocenters. The summed E-state index contributed by atoms with van der Waals surface area (Å²) in [4.78, 5) is 21.6. The predicted octanol–water partition coefficient (Wildman–Crippen LogP) is 11.1. The van der Waals surface area contributed by atoms with Gasteiger partial charge in [0.2, 0.25) is 6.79 Å². The van der Waals surface area contributed by atoms with Crippen LogP contribution < -0.4 is 15.0 Å². The van der Waals surface area contributed by atoms with Crippen LogP contribution >= 0.6 is 23.2 Å². The van der Waals surface area contributed by atoms with Gasteiger partial charge < -0.3 is 24.4 Å². The van der Waals surface area contributed by atoms with E-state index in [9.17, 15) is 4.79 Å². The van der Waals surface area contributed by atoms with Gasteiger partial charge >= 0.3 is 6.09 Å². The normalized spacial score (nSPS) is 14.6. The second kappa shape index (κ2) is 24.5. The van der Waals surface area contributed by atoms with Gasteiger partial charge in [0.25, 0.3) is 0 Å². The lowest BCUT2D eigenvalue weighted by atomic mass is 10.0. The number of nitrogens with one attached hydrogen (secondary N) is 1. The standard InChI is InChI=1S/C41H62Cl2N4O4/c1-2-3-4-5-6-7-8-9-10-11-12-13-14-15-25-44-41(48)51-33-50-39-24-22-34-21-23-35(32-37(34)45-39)49-31-17-16-26-46-27-29-47(30-28-46)38-20-18-19-36(42)40(38)43/h18-21,23,32H,2-17,22,24-31,33H2,1H3,(H,44,48). The number of aryl methyl sites for hydroxylation is 1. The first-order valence-electron chi connectivity index (χ1n) is 19.8. The highest BCUT2D eigenvalue weighted by Crippen LogP contribution is 2.33. The summed E-state index contributed by atoms with van der Waals surface area (Å²) >= 11 is 12.6. The maximum absolute atomic E-state index is 12.1. The minimum Gasteiger partial charge on any atom is -0.494 e. The molecule has 10 heteroatoms. The largest absolute Gasteiger partial charge is 0.494 e. The van der Waals surface area contributed by atoms with Gasteiger partial charge in [-0.1, -0.05) is 126 Å². The Labute approximate surface area is 317 Å². The van der Waals surface area contributed by atoms with E-state index in [0.29, 0.717) is 35.5 Å². The Morgan fingerprint density at radius 2 is 1.47 bits per heavy atom. The van der Waals surface area contributed by atoms with Gasteiger partial charge in [0, 0.05) is 45.2 Å². The highest BCUT2D eigenvalue weighted by Gasteiger charge is 2.20. The van der Waals surface area contributed by atoms with Crippen molar-refractivity contribution in [2.24, 2.45) is 4.99 Å². The number of amides is 1. The van der Waals surface area contributed by atoms with E-state index in [2.05, 4.69) is 33.1 Å². The van der Waals surface area contributed by atoms with Crippen LogP contribution in [0.2, 0.25) is 10.0 Å². The fraction of sp³-hybridized carbons (Fsp3) is 0.659. The molecule has 0 aromatic heterocycles. The van der Waals surface area contributed by atoms with Gasteiger partial charge in [0.1, 0.15) is 5.75 Å². The third kappa shape index (κ3) is 15.8. The second-order valence-corrected chi connectivity index (χ2v) is 14.8. The number of hydrogen-bond acceptors (Lipinski definition) is 7. The van der Waals surface area contributed by atoms with Crippen molar-refractivity contribution >= 4 is 46.6 Å². The Morgan fingerprint density at radius 3 is 2.18 bits per heavy atom. The number of carbonyl (C=O) groups excluding carboxylic acids is 1. The zero-order valence-electron chi connectivity index (χ0n) is 31.1. The molecule has 51 heavy (non-hydrogen) atoms. The molecular formula is C41H62Cl2N4O4. The van der Waals surface area contributed by atoms with E-state index in [4.69, 9.17) is 37.4 Å². The van der Waals surface area contributed by atoms with Crippen LogP contribution in [-0.2, 0) is 15.9 Å². The lowest BCUT2D eigenvalue weighted by molar-refractivity contribution is 0.0505. The maximum atomic E-state index is 12.1. The van der Waals surface area contributed by atoms with Gasteiger partial charge in [-0.15, -0.1) is 0 Å². The topological polar surface area (TPSA) is 75.6 Å². The smallest absolute Gasteiger partial charge is 0.410 e. The van der Waals surface area contributed by atoms with E-state index in [1.165, 1.54) is 82.6 Å². The van der Waals surface area contributed by atoms with E-state index < -0.39 is 6.09 Å². The van der Waals surface area contributed by atoms with Gasteiger partial charge in [0.15, 0.2) is 5.90 Å². The highest BCUT2D eigenvalue weighted by molar-refractivity contribution is 6.43. The van der Waals surface area contributed by atoms with Crippen LogP contribution in [0.5, 0.6) is 5.75 Å². The molecule has 0 radical (unpaired) electrons. The number of alkyl carbamates (subject to hydrolysis) is 1. The maximum Gasteiger partial charge on any atom is 0.410 e. The summed E-state index contributed by atoms with van der Waals surface area (Å²) in [5.41, 5.74) is 3.04. The lowest BCUT2D eigenvalue weighted by Gasteiger charge is -2.36. The fourth-order valence-corrected chi connectivity index (χ4v) is 7.19. The third-order valence-electron chi connectivity index (χ3n) is 9.91. The second-order valence-electron chi connectivity index (χ2n) is 14.0. The van der Waals surface area contributed by atoms with Crippen LogP contribution in [0.1, 0.15) is 122 Å². The molecule has 0 spiro atoms. The van der Waals surface area contributed by atoms with E-state index in [1.54, 1.807) is 0 Å². The average molecular weight is 746 g/mol. The van der Waals surface area contributed by atoms with E-state index >= 15 is 0 Å². The van der Waals surface area contributed by atoms with Crippen molar-refractivity contribution in [1.82, 2.24) is 10.2 Å². The molecule has 2 aromatic carbocycles. The molecule has 1 amide bonds. The number of nitrogens with zero attached hydrogens (tertiary/aromatic N) is 3. The number of rotatable bonds is 24. The molecule has 0 saturated carbocycles. The Balaban J connectivity index is 0.990. The third-order valence-corrected chi connectivity index (χ3v) is 10.7. The Kier molecular flexibility index (Phi) is 19.8. The average Bonchev–Trinajstić information content (AvgIpc) is 3.14. The van der Waals surface area contributed by atoms with Crippen LogP contribution in [0.3, 0.4) is 0 Å². The quantitative estimate of drug-likeness (QED) is 0.0852. The van der Waals surface area contributed by atoms with Crippen molar-refractivity contribution in [1.29, 1.82) is 0 Å². The van der Waals surface area contributed by atoms with Crippen molar-refractivity contribution in [3.8, 4) is 5.75 Å². The first-order chi connectivity index (χ1) is 25.0. The molecule has 1 N–H and O–H groups in total. The summed E-state index contributed by atoms with van der Waals surface area (Å²) < 4.78 is 17.0.